The summed E-state index contributed by atoms with van der Waals surface area (Å²) in [6, 6.07) is 9.96. The van der Waals surface area contributed by atoms with Gasteiger partial charge in [0.25, 0.3) is 0 Å². The van der Waals surface area contributed by atoms with Gasteiger partial charge in [0.15, 0.2) is 0 Å². The maximum Gasteiger partial charge on any atom is 0.321 e. The first kappa shape index (κ1) is 18.6. The Bertz CT molecular complexity index is 759. The Kier molecular flexibility index (Phi) is 6.10. The van der Waals surface area contributed by atoms with Crippen LogP contribution in [0.25, 0.3) is 0 Å². The van der Waals surface area contributed by atoms with E-state index in [4.69, 9.17) is 4.74 Å². The van der Waals surface area contributed by atoms with Crippen LogP contribution in [0, 0.1) is 24.3 Å². The van der Waals surface area contributed by atoms with Gasteiger partial charge >= 0.3 is 6.03 Å². The van der Waals surface area contributed by atoms with Crippen LogP contribution in [0.15, 0.2) is 30.3 Å². The lowest BCUT2D eigenvalue weighted by Gasteiger charge is -2.22. The van der Waals surface area contributed by atoms with Crippen molar-refractivity contribution in [2.75, 3.05) is 19.0 Å². The van der Waals surface area contributed by atoms with Gasteiger partial charge in [-0.25, -0.2) is 4.79 Å². The number of rotatable bonds is 4. The standard InChI is InChI=1S/C19H23IN2O2/c1-12-9-14(3)18(10-13(12)2)24-11-15-16(20)7-6-8-17(15)22(5)19(23)21-4/h6-10H,11H2,1-5H3,(H,21,23). The summed E-state index contributed by atoms with van der Waals surface area (Å²) < 4.78 is 7.15. The van der Waals surface area contributed by atoms with Crippen molar-refractivity contribution in [2.24, 2.45) is 0 Å². The number of carbonyl (C=O) groups is 1. The fraction of sp³-hybridized carbons (Fsp3) is 0.316. The van der Waals surface area contributed by atoms with Gasteiger partial charge in [-0.15, -0.1) is 0 Å². The van der Waals surface area contributed by atoms with Crippen LogP contribution >= 0.6 is 22.6 Å². The first-order chi connectivity index (χ1) is 11.3. The highest BCUT2D eigenvalue weighted by molar-refractivity contribution is 14.1. The number of anilines is 1. The normalized spacial score (nSPS) is 10.4. The second-order valence-corrected chi connectivity index (χ2v) is 7.00. The summed E-state index contributed by atoms with van der Waals surface area (Å²) in [5.41, 5.74) is 5.44. The average Bonchev–Trinajstić information content (AvgIpc) is 2.56. The van der Waals surface area contributed by atoms with E-state index in [9.17, 15) is 4.79 Å². The second kappa shape index (κ2) is 7.88. The molecule has 0 aliphatic carbocycles. The minimum atomic E-state index is -0.152. The first-order valence-electron chi connectivity index (χ1n) is 7.78. The Morgan fingerprint density at radius 2 is 1.83 bits per heavy atom. The molecular formula is C19H23IN2O2. The van der Waals surface area contributed by atoms with E-state index < -0.39 is 0 Å². The molecule has 0 radical (unpaired) electrons. The predicted molar refractivity (Wildman–Crippen MR) is 107 cm³/mol. The monoisotopic (exact) mass is 438 g/mol. The Hall–Kier alpha value is -1.76. The van der Waals surface area contributed by atoms with E-state index in [1.807, 2.05) is 18.2 Å². The summed E-state index contributed by atoms with van der Waals surface area (Å²) in [6.07, 6.45) is 0. The molecular weight excluding hydrogens is 415 g/mol. The number of aryl methyl sites for hydroxylation is 3. The van der Waals surface area contributed by atoms with Crippen molar-refractivity contribution in [3.63, 3.8) is 0 Å². The topological polar surface area (TPSA) is 41.6 Å². The molecule has 0 bridgehead atoms. The molecule has 4 nitrogen and oxygen atoms in total. The molecule has 0 fully saturated rings. The number of carbonyl (C=O) groups excluding carboxylic acids is 1. The molecule has 24 heavy (non-hydrogen) atoms. The minimum Gasteiger partial charge on any atom is -0.489 e. The first-order valence-corrected chi connectivity index (χ1v) is 8.86. The maximum absolute atomic E-state index is 12.0. The smallest absolute Gasteiger partial charge is 0.321 e. The van der Waals surface area contributed by atoms with Crippen LogP contribution in [0.3, 0.4) is 0 Å². The molecule has 0 saturated heterocycles. The molecule has 0 aromatic heterocycles. The molecule has 0 heterocycles. The third kappa shape index (κ3) is 4.01. The van der Waals surface area contributed by atoms with Crippen molar-refractivity contribution >= 4 is 34.3 Å². The van der Waals surface area contributed by atoms with Crippen LogP contribution < -0.4 is 15.0 Å². The Morgan fingerprint density at radius 1 is 1.17 bits per heavy atom. The van der Waals surface area contributed by atoms with E-state index in [0.717, 1.165) is 26.1 Å². The van der Waals surface area contributed by atoms with Crippen molar-refractivity contribution in [3.05, 3.63) is 56.2 Å². The van der Waals surface area contributed by atoms with Crippen LogP contribution in [-0.4, -0.2) is 20.1 Å². The van der Waals surface area contributed by atoms with Crippen LogP contribution in [0.2, 0.25) is 0 Å². The summed E-state index contributed by atoms with van der Waals surface area (Å²) in [5.74, 6) is 0.881. The highest BCUT2D eigenvalue weighted by Gasteiger charge is 2.16. The predicted octanol–water partition coefficient (Wildman–Crippen LogP) is 4.57. The number of urea groups is 1. The number of nitrogens with one attached hydrogen (secondary N) is 1. The SMILES string of the molecule is CNC(=O)N(C)c1cccc(I)c1COc1cc(C)c(C)cc1C. The van der Waals surface area contributed by atoms with Crippen molar-refractivity contribution in [2.45, 2.75) is 27.4 Å². The molecule has 1 N–H and O–H groups in total. The van der Waals surface area contributed by atoms with Crippen molar-refractivity contribution in [3.8, 4) is 5.75 Å². The molecule has 5 heteroatoms. The lowest BCUT2D eigenvalue weighted by atomic mass is 10.1. The molecule has 2 aromatic rings. The number of nitrogens with zero attached hydrogens (tertiary/aromatic N) is 1. The highest BCUT2D eigenvalue weighted by atomic mass is 127. The lowest BCUT2D eigenvalue weighted by Crippen LogP contribution is -2.35. The summed E-state index contributed by atoms with van der Waals surface area (Å²) >= 11 is 2.28. The number of benzene rings is 2. The van der Waals surface area contributed by atoms with E-state index in [1.165, 1.54) is 11.1 Å². The van der Waals surface area contributed by atoms with Crippen LogP contribution in [-0.2, 0) is 6.61 Å². The molecule has 2 aromatic carbocycles. The summed E-state index contributed by atoms with van der Waals surface area (Å²) in [5, 5.41) is 2.65. The van der Waals surface area contributed by atoms with Crippen molar-refractivity contribution in [1.82, 2.24) is 5.32 Å². The number of ether oxygens (including phenoxy) is 1. The number of hydrogen-bond acceptors (Lipinski definition) is 2. The summed E-state index contributed by atoms with van der Waals surface area (Å²) in [6.45, 7) is 6.65. The van der Waals surface area contributed by atoms with Crippen LogP contribution in [0.1, 0.15) is 22.3 Å². The fourth-order valence-corrected chi connectivity index (χ4v) is 3.16. The van der Waals surface area contributed by atoms with E-state index in [2.05, 4.69) is 60.8 Å². The Morgan fingerprint density at radius 3 is 2.50 bits per heavy atom. The van der Waals surface area contributed by atoms with Gasteiger partial charge < -0.3 is 10.1 Å². The van der Waals surface area contributed by atoms with Gasteiger partial charge in [-0.2, -0.15) is 0 Å². The van der Waals surface area contributed by atoms with Gasteiger partial charge in [0.1, 0.15) is 12.4 Å². The summed E-state index contributed by atoms with van der Waals surface area (Å²) in [4.78, 5) is 13.6. The average molecular weight is 438 g/mol. The third-order valence-corrected chi connectivity index (χ3v) is 5.15. The zero-order chi connectivity index (χ0) is 17.9. The molecule has 2 amide bonds. The second-order valence-electron chi connectivity index (χ2n) is 5.84. The number of hydrogen-bond donors (Lipinski definition) is 1. The van der Waals surface area contributed by atoms with E-state index >= 15 is 0 Å². The molecule has 2 rings (SSSR count). The third-order valence-electron chi connectivity index (χ3n) is 4.14. The number of amides is 2. The van der Waals surface area contributed by atoms with Crippen molar-refractivity contribution in [1.29, 1.82) is 0 Å². The molecule has 128 valence electrons. The molecule has 0 atom stereocenters. The van der Waals surface area contributed by atoms with Gasteiger partial charge in [0.05, 0.1) is 5.69 Å². The lowest BCUT2D eigenvalue weighted by molar-refractivity contribution is 0.249. The Balaban J connectivity index is 2.30. The maximum atomic E-state index is 12.0. The van der Waals surface area contributed by atoms with Crippen molar-refractivity contribution < 1.29 is 9.53 Å². The Labute approximate surface area is 157 Å². The van der Waals surface area contributed by atoms with Gasteiger partial charge in [0, 0.05) is 23.2 Å². The van der Waals surface area contributed by atoms with Gasteiger partial charge in [-0.1, -0.05) is 12.1 Å². The van der Waals surface area contributed by atoms with E-state index in [1.54, 1.807) is 19.0 Å². The largest absolute Gasteiger partial charge is 0.489 e. The summed E-state index contributed by atoms with van der Waals surface area (Å²) in [7, 11) is 3.39. The minimum absolute atomic E-state index is 0.152. The quantitative estimate of drug-likeness (QED) is 0.711. The van der Waals surface area contributed by atoms with Gasteiger partial charge in [-0.05, 0) is 78.3 Å². The van der Waals surface area contributed by atoms with Gasteiger partial charge in [0.2, 0.25) is 0 Å². The van der Waals surface area contributed by atoms with Crippen LogP contribution in [0.4, 0.5) is 10.5 Å². The van der Waals surface area contributed by atoms with E-state index in [0.29, 0.717) is 6.61 Å². The molecule has 0 aliphatic rings. The zero-order valence-electron chi connectivity index (χ0n) is 14.7. The molecule has 0 spiro atoms. The van der Waals surface area contributed by atoms with E-state index in [-0.39, 0.29) is 6.03 Å². The molecule has 0 unspecified atom stereocenters. The van der Waals surface area contributed by atoms with Gasteiger partial charge in [-0.3, -0.25) is 4.90 Å². The molecule has 0 aliphatic heterocycles. The zero-order valence-corrected chi connectivity index (χ0v) is 16.9. The fourth-order valence-electron chi connectivity index (χ4n) is 2.52. The number of halogens is 1. The van der Waals surface area contributed by atoms with Crippen LogP contribution in [0.5, 0.6) is 5.75 Å². The highest BCUT2D eigenvalue weighted by Crippen LogP contribution is 2.28. The molecule has 0 saturated carbocycles.